The van der Waals surface area contributed by atoms with Crippen molar-refractivity contribution in [2.45, 2.75) is 30.7 Å². The van der Waals surface area contributed by atoms with E-state index >= 15 is 0 Å². The van der Waals surface area contributed by atoms with Gasteiger partial charge in [-0.15, -0.1) is 0 Å². The van der Waals surface area contributed by atoms with E-state index in [2.05, 4.69) is 36.4 Å². The van der Waals surface area contributed by atoms with E-state index in [-0.39, 0.29) is 0 Å². The molecule has 1 aromatic rings. The number of nitrogens with zero attached hydrogens (tertiary/aromatic N) is 1. The number of nitrogens with one attached hydrogen (secondary N) is 1. The van der Waals surface area contributed by atoms with Gasteiger partial charge in [0.1, 0.15) is 0 Å². The maximum absolute atomic E-state index is 6.22. The van der Waals surface area contributed by atoms with Crippen molar-refractivity contribution in [2.75, 3.05) is 27.2 Å². The van der Waals surface area contributed by atoms with Crippen molar-refractivity contribution in [3.8, 4) is 0 Å². The van der Waals surface area contributed by atoms with Gasteiger partial charge in [-0.05, 0) is 75.1 Å². The van der Waals surface area contributed by atoms with Gasteiger partial charge in [0.15, 0.2) is 0 Å². The Morgan fingerprint density at radius 1 is 1.28 bits per heavy atom. The lowest BCUT2D eigenvalue weighted by Gasteiger charge is -2.35. The van der Waals surface area contributed by atoms with E-state index in [0.29, 0.717) is 11.5 Å². The van der Waals surface area contributed by atoms with Gasteiger partial charge in [0, 0.05) is 11.1 Å². The lowest BCUT2D eigenvalue weighted by Crippen LogP contribution is -2.38. The van der Waals surface area contributed by atoms with Crippen LogP contribution in [0.25, 0.3) is 0 Å². The van der Waals surface area contributed by atoms with E-state index in [1.54, 1.807) is 0 Å². The van der Waals surface area contributed by atoms with Crippen molar-refractivity contribution >= 4 is 11.6 Å². The molecule has 2 nitrogen and oxygen atoms in total. The maximum atomic E-state index is 6.22. The lowest BCUT2D eigenvalue weighted by molar-refractivity contribution is 0.223. The summed E-state index contributed by atoms with van der Waals surface area (Å²) in [5.41, 5.74) is 3.36. The first-order chi connectivity index (χ1) is 8.62. The van der Waals surface area contributed by atoms with Crippen molar-refractivity contribution in [1.29, 1.82) is 0 Å². The molecule has 1 spiro atoms. The fraction of sp³-hybridized carbons (Fsp3) is 0.600. The zero-order valence-corrected chi connectivity index (χ0v) is 11.9. The summed E-state index contributed by atoms with van der Waals surface area (Å²) in [6.07, 6.45) is 3.73. The summed E-state index contributed by atoms with van der Waals surface area (Å²) >= 11 is 6.22. The fourth-order valence-corrected chi connectivity index (χ4v) is 3.88. The fourth-order valence-electron chi connectivity index (χ4n) is 3.71. The highest BCUT2D eigenvalue weighted by Crippen LogP contribution is 2.51. The molecule has 1 heterocycles. The Hall–Kier alpha value is -0.570. The average Bonchev–Trinajstić information content (AvgIpc) is 2.65. The smallest absolute Gasteiger partial charge is 0.0409 e. The van der Waals surface area contributed by atoms with Crippen LogP contribution in [0.2, 0.25) is 5.02 Å². The summed E-state index contributed by atoms with van der Waals surface area (Å²) in [5, 5.41) is 4.36. The molecule has 1 saturated heterocycles. The van der Waals surface area contributed by atoms with Crippen LogP contribution in [0.4, 0.5) is 0 Å². The second-order valence-corrected chi connectivity index (χ2v) is 6.38. The first-order valence-corrected chi connectivity index (χ1v) is 7.17. The topological polar surface area (TPSA) is 15.3 Å². The zero-order chi connectivity index (χ0) is 12.8. The predicted molar refractivity (Wildman–Crippen MR) is 76.3 cm³/mol. The highest BCUT2D eigenvalue weighted by atomic mass is 35.5. The van der Waals surface area contributed by atoms with Crippen LogP contribution in [0.3, 0.4) is 0 Å². The number of hydrogen-bond acceptors (Lipinski definition) is 2. The Kier molecular flexibility index (Phi) is 3.13. The van der Waals surface area contributed by atoms with Gasteiger partial charge in [0.2, 0.25) is 0 Å². The molecule has 0 bridgehead atoms. The van der Waals surface area contributed by atoms with Gasteiger partial charge in [-0.1, -0.05) is 17.7 Å². The van der Waals surface area contributed by atoms with Gasteiger partial charge in [0.25, 0.3) is 0 Å². The van der Waals surface area contributed by atoms with E-state index in [0.717, 1.165) is 18.1 Å². The van der Waals surface area contributed by atoms with Crippen LogP contribution in [0.15, 0.2) is 18.2 Å². The molecule has 1 aliphatic carbocycles. The Bertz CT molecular complexity index is 450. The molecule has 98 valence electrons. The van der Waals surface area contributed by atoms with Crippen LogP contribution in [-0.2, 0) is 5.41 Å². The van der Waals surface area contributed by atoms with E-state index in [4.69, 9.17) is 11.6 Å². The van der Waals surface area contributed by atoms with Crippen molar-refractivity contribution in [2.24, 2.45) is 0 Å². The Morgan fingerprint density at radius 2 is 2.00 bits per heavy atom. The van der Waals surface area contributed by atoms with Crippen molar-refractivity contribution in [3.63, 3.8) is 0 Å². The van der Waals surface area contributed by atoms with Gasteiger partial charge >= 0.3 is 0 Å². The number of fused-ring (bicyclic) bond motifs is 2. The SMILES string of the molecule is CN(C)[C@@H]1CC2(CCNCC2)c2cc(Cl)ccc21. The number of benzene rings is 1. The summed E-state index contributed by atoms with van der Waals surface area (Å²) in [6.45, 7) is 2.26. The lowest BCUT2D eigenvalue weighted by atomic mass is 9.74. The van der Waals surface area contributed by atoms with Crippen LogP contribution in [0.5, 0.6) is 0 Å². The molecule has 3 rings (SSSR count). The molecule has 1 fully saturated rings. The van der Waals surface area contributed by atoms with Crippen molar-refractivity contribution in [3.05, 3.63) is 34.3 Å². The van der Waals surface area contributed by atoms with Crippen molar-refractivity contribution < 1.29 is 0 Å². The molecular weight excluding hydrogens is 244 g/mol. The summed E-state index contributed by atoms with van der Waals surface area (Å²) < 4.78 is 0. The number of halogens is 1. The second kappa shape index (κ2) is 4.52. The predicted octanol–water partition coefficient (Wildman–Crippen LogP) is 2.97. The molecule has 1 aromatic carbocycles. The Morgan fingerprint density at radius 3 is 2.67 bits per heavy atom. The second-order valence-electron chi connectivity index (χ2n) is 5.95. The van der Waals surface area contributed by atoms with E-state index < -0.39 is 0 Å². The van der Waals surface area contributed by atoms with Gasteiger partial charge in [-0.25, -0.2) is 0 Å². The molecule has 1 aliphatic heterocycles. The molecule has 0 aromatic heterocycles. The number of hydrogen-bond donors (Lipinski definition) is 1. The Balaban J connectivity index is 2.07. The molecule has 0 saturated carbocycles. The number of piperidine rings is 1. The normalized spacial score (nSPS) is 25.7. The van der Waals surface area contributed by atoms with Crippen LogP contribution in [-0.4, -0.2) is 32.1 Å². The number of rotatable bonds is 1. The summed E-state index contributed by atoms with van der Waals surface area (Å²) in [7, 11) is 4.37. The minimum atomic E-state index is 0.362. The highest BCUT2D eigenvalue weighted by Gasteiger charge is 2.44. The van der Waals surface area contributed by atoms with Crippen LogP contribution in [0.1, 0.15) is 36.4 Å². The van der Waals surface area contributed by atoms with Gasteiger partial charge in [0.05, 0.1) is 0 Å². The van der Waals surface area contributed by atoms with Crippen LogP contribution < -0.4 is 5.32 Å². The van der Waals surface area contributed by atoms with Crippen molar-refractivity contribution in [1.82, 2.24) is 10.2 Å². The largest absolute Gasteiger partial charge is 0.317 e. The quantitative estimate of drug-likeness (QED) is 0.839. The first-order valence-electron chi connectivity index (χ1n) is 6.79. The van der Waals surface area contributed by atoms with Crippen LogP contribution in [0, 0.1) is 0 Å². The highest BCUT2D eigenvalue weighted by molar-refractivity contribution is 6.30. The van der Waals surface area contributed by atoms with E-state index in [1.165, 1.54) is 30.4 Å². The molecule has 2 aliphatic rings. The molecule has 1 N–H and O–H groups in total. The summed E-state index contributed by atoms with van der Waals surface area (Å²) in [6, 6.07) is 7.04. The first kappa shape index (κ1) is 12.5. The summed E-state index contributed by atoms with van der Waals surface area (Å²) in [4.78, 5) is 2.35. The molecule has 3 heteroatoms. The molecule has 18 heavy (non-hydrogen) atoms. The zero-order valence-electron chi connectivity index (χ0n) is 11.2. The molecular formula is C15H21ClN2. The maximum Gasteiger partial charge on any atom is 0.0409 e. The van der Waals surface area contributed by atoms with Gasteiger partial charge in [-0.2, -0.15) is 0 Å². The molecule has 0 amide bonds. The minimum Gasteiger partial charge on any atom is -0.317 e. The minimum absolute atomic E-state index is 0.362. The third kappa shape index (κ3) is 1.87. The Labute approximate surface area is 114 Å². The summed E-state index contributed by atoms with van der Waals surface area (Å²) in [5.74, 6) is 0. The van der Waals surface area contributed by atoms with Crippen LogP contribution >= 0.6 is 11.6 Å². The third-order valence-electron chi connectivity index (χ3n) is 4.71. The average molecular weight is 265 g/mol. The third-order valence-corrected chi connectivity index (χ3v) is 4.95. The van der Waals surface area contributed by atoms with Gasteiger partial charge in [-0.3, -0.25) is 0 Å². The monoisotopic (exact) mass is 264 g/mol. The molecule has 1 atom stereocenters. The molecule has 0 radical (unpaired) electrons. The van der Waals surface area contributed by atoms with E-state index in [9.17, 15) is 0 Å². The van der Waals surface area contributed by atoms with Gasteiger partial charge < -0.3 is 10.2 Å². The standard InChI is InChI=1S/C15H21ClN2/c1-18(2)14-10-15(5-7-17-8-6-15)13-9-11(16)3-4-12(13)14/h3-4,9,14,17H,5-8,10H2,1-2H3/t14-/m1/s1. The molecule has 0 unspecified atom stereocenters. The van der Waals surface area contributed by atoms with E-state index in [1.807, 2.05) is 6.07 Å².